The number of pyridine rings is 1. The second-order valence-electron chi connectivity index (χ2n) is 7.98. The highest BCUT2D eigenvalue weighted by molar-refractivity contribution is 5.97. The Kier molecular flexibility index (Phi) is 6.06. The van der Waals surface area contributed by atoms with Crippen LogP contribution >= 0.6 is 0 Å². The number of benzene rings is 2. The normalized spacial score (nSPS) is 13.1. The minimum absolute atomic E-state index is 0.0727. The van der Waals surface area contributed by atoms with Gasteiger partial charge in [-0.1, -0.05) is 24.3 Å². The Morgan fingerprint density at radius 2 is 1.91 bits per heavy atom. The van der Waals surface area contributed by atoms with Crippen LogP contribution in [0.5, 0.6) is 0 Å². The molecule has 0 saturated carbocycles. The molecule has 0 fully saturated rings. The van der Waals surface area contributed by atoms with Crippen LogP contribution in [0.2, 0.25) is 0 Å². The Labute approximate surface area is 188 Å². The lowest BCUT2D eigenvalue weighted by molar-refractivity contribution is 0.0912. The summed E-state index contributed by atoms with van der Waals surface area (Å²) in [5.74, 6) is -1.53. The van der Waals surface area contributed by atoms with Crippen LogP contribution in [-0.4, -0.2) is 31.7 Å². The van der Waals surface area contributed by atoms with Crippen molar-refractivity contribution < 1.29 is 18.7 Å². The molecule has 7 nitrogen and oxygen atoms in total. The lowest BCUT2D eigenvalue weighted by Gasteiger charge is -2.19. The zero-order valence-electron chi connectivity index (χ0n) is 18.1. The maximum Gasteiger partial charge on any atom is 0.254 e. The average Bonchev–Trinajstić information content (AvgIpc) is 3.13. The topological polar surface area (TPSA) is 106 Å². The molecule has 4 rings (SSSR count). The van der Waals surface area contributed by atoms with E-state index in [2.05, 4.69) is 15.4 Å². The molecule has 2 atom stereocenters. The molecule has 2 heterocycles. The van der Waals surface area contributed by atoms with E-state index >= 15 is 4.39 Å². The molecule has 0 bridgehead atoms. The summed E-state index contributed by atoms with van der Waals surface area (Å²) >= 11 is 0. The number of nitrogen functional groups attached to an aromatic ring is 1. The van der Waals surface area contributed by atoms with Crippen LogP contribution in [0.25, 0.3) is 16.8 Å². The van der Waals surface area contributed by atoms with Crippen molar-refractivity contribution >= 4 is 17.5 Å². The van der Waals surface area contributed by atoms with Crippen LogP contribution in [0.15, 0.2) is 54.7 Å². The van der Waals surface area contributed by atoms with E-state index in [0.717, 1.165) is 0 Å². The van der Waals surface area contributed by atoms with Gasteiger partial charge in [0.1, 0.15) is 11.6 Å². The molecular formula is C24H23F2N5O2. The maximum absolute atomic E-state index is 15.5. The number of carbonyl (C=O) groups is 1. The van der Waals surface area contributed by atoms with Crippen LogP contribution in [0.4, 0.5) is 14.7 Å². The molecule has 0 saturated heterocycles. The molecule has 0 aliphatic heterocycles. The zero-order chi connectivity index (χ0) is 23.7. The van der Waals surface area contributed by atoms with Gasteiger partial charge in [0.15, 0.2) is 5.65 Å². The Bertz CT molecular complexity index is 1320. The number of nitrogens with two attached hydrogens (primary N) is 1. The average molecular weight is 451 g/mol. The number of hydrogen-bond acceptors (Lipinski definition) is 5. The molecule has 0 spiro atoms. The number of aryl methyl sites for hydroxylation is 1. The van der Waals surface area contributed by atoms with Gasteiger partial charge < -0.3 is 16.2 Å². The van der Waals surface area contributed by atoms with E-state index < -0.39 is 29.7 Å². The van der Waals surface area contributed by atoms with Gasteiger partial charge in [-0.15, -0.1) is 5.10 Å². The smallest absolute Gasteiger partial charge is 0.254 e. The molecule has 2 aromatic carbocycles. The SMILES string of the molecule is Cc1ccc(-c2ccn3nc(N)nc3c2)c(F)c1C(=O)NC(C)CC(O)c1ccc(F)cc1. The van der Waals surface area contributed by atoms with Gasteiger partial charge in [-0.25, -0.2) is 13.3 Å². The van der Waals surface area contributed by atoms with E-state index in [1.54, 1.807) is 44.3 Å². The highest BCUT2D eigenvalue weighted by atomic mass is 19.1. The minimum Gasteiger partial charge on any atom is -0.388 e. The summed E-state index contributed by atoms with van der Waals surface area (Å²) in [4.78, 5) is 17.0. The summed E-state index contributed by atoms with van der Waals surface area (Å²) in [6.45, 7) is 3.37. The molecule has 2 unspecified atom stereocenters. The lowest BCUT2D eigenvalue weighted by atomic mass is 9.98. The number of nitrogens with one attached hydrogen (secondary N) is 1. The first-order valence-corrected chi connectivity index (χ1v) is 10.4. The molecule has 0 radical (unpaired) electrons. The summed E-state index contributed by atoms with van der Waals surface area (Å²) < 4.78 is 30.0. The number of aliphatic hydroxyl groups excluding tert-OH is 1. The number of halogens is 2. The number of aromatic nitrogens is 3. The van der Waals surface area contributed by atoms with Crippen LogP contribution in [0, 0.1) is 18.6 Å². The number of anilines is 1. The number of aliphatic hydroxyl groups is 1. The molecule has 0 aliphatic rings. The third-order valence-electron chi connectivity index (χ3n) is 5.45. The first kappa shape index (κ1) is 22.3. The van der Waals surface area contributed by atoms with E-state index in [1.165, 1.54) is 28.8 Å². The van der Waals surface area contributed by atoms with Crippen molar-refractivity contribution in [2.75, 3.05) is 5.73 Å². The minimum atomic E-state index is -0.902. The molecule has 170 valence electrons. The van der Waals surface area contributed by atoms with Crippen molar-refractivity contribution in [1.82, 2.24) is 19.9 Å². The number of rotatable bonds is 6. The highest BCUT2D eigenvalue weighted by Gasteiger charge is 2.22. The second-order valence-corrected chi connectivity index (χ2v) is 7.98. The number of nitrogens with zero attached hydrogens (tertiary/aromatic N) is 3. The molecule has 2 aromatic heterocycles. The fourth-order valence-electron chi connectivity index (χ4n) is 3.75. The number of hydrogen-bond donors (Lipinski definition) is 3. The third-order valence-corrected chi connectivity index (χ3v) is 5.45. The molecule has 4 N–H and O–H groups in total. The van der Waals surface area contributed by atoms with Crippen molar-refractivity contribution in [2.45, 2.75) is 32.4 Å². The van der Waals surface area contributed by atoms with Crippen LogP contribution in [0.3, 0.4) is 0 Å². The molecule has 9 heteroatoms. The number of amides is 1. The summed E-state index contributed by atoms with van der Waals surface area (Å²) in [7, 11) is 0. The van der Waals surface area contributed by atoms with Crippen molar-refractivity contribution in [1.29, 1.82) is 0 Å². The summed E-state index contributed by atoms with van der Waals surface area (Å²) in [5.41, 5.74) is 7.78. The summed E-state index contributed by atoms with van der Waals surface area (Å²) in [6.07, 6.45) is 0.898. The largest absolute Gasteiger partial charge is 0.388 e. The summed E-state index contributed by atoms with van der Waals surface area (Å²) in [5, 5.41) is 17.1. The first-order valence-electron chi connectivity index (χ1n) is 10.4. The van der Waals surface area contributed by atoms with Crippen molar-refractivity contribution in [2.24, 2.45) is 0 Å². The van der Waals surface area contributed by atoms with E-state index in [9.17, 15) is 14.3 Å². The van der Waals surface area contributed by atoms with Gasteiger partial charge in [0, 0.05) is 17.8 Å². The highest BCUT2D eigenvalue weighted by Crippen LogP contribution is 2.28. The van der Waals surface area contributed by atoms with E-state index in [4.69, 9.17) is 5.73 Å². The number of fused-ring (bicyclic) bond motifs is 1. The maximum atomic E-state index is 15.5. The molecule has 4 aromatic rings. The van der Waals surface area contributed by atoms with Gasteiger partial charge in [-0.05, 0) is 61.2 Å². The standard InChI is InChI=1S/C24H23F2N5O2/c1-13-3-8-18(16-9-10-31-20(12-16)29-24(27)30-31)22(26)21(13)23(33)28-14(2)11-19(32)15-4-6-17(25)7-5-15/h3-10,12,14,19,32H,11H2,1-2H3,(H2,27,30)(H,28,33). The predicted molar refractivity (Wildman–Crippen MR) is 120 cm³/mol. The van der Waals surface area contributed by atoms with Crippen molar-refractivity contribution in [3.63, 3.8) is 0 Å². The lowest BCUT2D eigenvalue weighted by Crippen LogP contribution is -2.34. The Hall–Kier alpha value is -3.85. The Morgan fingerprint density at radius 1 is 1.18 bits per heavy atom. The van der Waals surface area contributed by atoms with Gasteiger partial charge in [-0.3, -0.25) is 4.79 Å². The van der Waals surface area contributed by atoms with Gasteiger partial charge >= 0.3 is 0 Å². The summed E-state index contributed by atoms with van der Waals surface area (Å²) in [6, 6.07) is 11.6. The van der Waals surface area contributed by atoms with Crippen molar-refractivity contribution in [3.8, 4) is 11.1 Å². The molecule has 1 amide bonds. The van der Waals surface area contributed by atoms with Crippen LogP contribution in [0.1, 0.15) is 40.9 Å². The zero-order valence-corrected chi connectivity index (χ0v) is 18.1. The van der Waals surface area contributed by atoms with Gasteiger partial charge in [0.25, 0.3) is 5.91 Å². The quantitative estimate of drug-likeness (QED) is 0.414. The molecular weight excluding hydrogens is 428 g/mol. The fourth-order valence-corrected chi connectivity index (χ4v) is 3.75. The first-order chi connectivity index (χ1) is 15.7. The van der Waals surface area contributed by atoms with E-state index in [-0.39, 0.29) is 23.5 Å². The monoisotopic (exact) mass is 451 g/mol. The Morgan fingerprint density at radius 3 is 2.64 bits per heavy atom. The fraction of sp³-hybridized carbons (Fsp3) is 0.208. The molecule has 0 aliphatic carbocycles. The van der Waals surface area contributed by atoms with Crippen molar-refractivity contribution in [3.05, 3.63) is 83.1 Å². The van der Waals surface area contributed by atoms with E-state index in [1.807, 2.05) is 0 Å². The van der Waals surface area contributed by atoms with Gasteiger partial charge in [0.2, 0.25) is 5.95 Å². The van der Waals surface area contributed by atoms with E-state index in [0.29, 0.717) is 22.3 Å². The number of carbonyl (C=O) groups excluding carboxylic acids is 1. The third kappa shape index (κ3) is 4.68. The second kappa shape index (κ2) is 8.95. The molecule has 33 heavy (non-hydrogen) atoms. The van der Waals surface area contributed by atoms with Gasteiger partial charge in [0.05, 0.1) is 11.7 Å². The van der Waals surface area contributed by atoms with Crippen LogP contribution < -0.4 is 11.1 Å². The van der Waals surface area contributed by atoms with Gasteiger partial charge in [-0.2, -0.15) is 4.98 Å². The predicted octanol–water partition coefficient (Wildman–Crippen LogP) is 3.81. The Balaban J connectivity index is 1.55. The van der Waals surface area contributed by atoms with Crippen LogP contribution in [-0.2, 0) is 0 Å².